The van der Waals surface area contributed by atoms with E-state index in [4.69, 9.17) is 0 Å². The third-order valence-corrected chi connectivity index (χ3v) is 2.13. The minimum atomic E-state index is -4.39. The molecule has 1 aromatic rings. The molecule has 1 nitrogen and oxygen atoms in total. The zero-order valence-corrected chi connectivity index (χ0v) is 7.94. The van der Waals surface area contributed by atoms with Crippen LogP contribution < -0.4 is 0 Å². The lowest BCUT2D eigenvalue weighted by atomic mass is 10.0. The zero-order chi connectivity index (χ0) is 10.9. The molecule has 1 N–H and O–H groups in total. The Morgan fingerprint density at radius 2 is 1.86 bits per heavy atom. The lowest BCUT2D eigenvalue weighted by Crippen LogP contribution is -2.06. The summed E-state index contributed by atoms with van der Waals surface area (Å²) in [5.41, 5.74) is 0.238. The number of alkyl halides is 3. The van der Waals surface area contributed by atoms with E-state index in [1.807, 2.05) is 0 Å². The van der Waals surface area contributed by atoms with Crippen LogP contribution in [-0.2, 0) is 12.6 Å². The standard InChI is InChI=1S/C10H11F3O/c1-3-8-6(2)4-7(5-9(8)14)10(11,12)13/h4-5,14H,3H2,1-2H3. The summed E-state index contributed by atoms with van der Waals surface area (Å²) >= 11 is 0. The molecule has 0 saturated carbocycles. The van der Waals surface area contributed by atoms with Crippen molar-refractivity contribution in [2.45, 2.75) is 26.4 Å². The fraction of sp³-hybridized carbons (Fsp3) is 0.400. The number of phenolic OH excluding ortho intramolecular Hbond substituents is 1. The molecule has 0 atom stereocenters. The van der Waals surface area contributed by atoms with Crippen LogP contribution in [0.5, 0.6) is 5.75 Å². The average Bonchev–Trinajstić information content (AvgIpc) is 2.01. The number of halogens is 3. The van der Waals surface area contributed by atoms with Gasteiger partial charge in [0.1, 0.15) is 5.75 Å². The van der Waals surface area contributed by atoms with E-state index in [9.17, 15) is 18.3 Å². The number of rotatable bonds is 1. The maximum atomic E-state index is 12.3. The van der Waals surface area contributed by atoms with Crippen molar-refractivity contribution in [2.75, 3.05) is 0 Å². The van der Waals surface area contributed by atoms with Gasteiger partial charge < -0.3 is 5.11 Å². The molecule has 0 saturated heterocycles. The van der Waals surface area contributed by atoms with Crippen LogP contribution in [0.25, 0.3) is 0 Å². The lowest BCUT2D eigenvalue weighted by molar-refractivity contribution is -0.137. The normalized spacial score (nSPS) is 11.8. The summed E-state index contributed by atoms with van der Waals surface area (Å²) in [6.07, 6.45) is -3.87. The average molecular weight is 204 g/mol. The van der Waals surface area contributed by atoms with Crippen molar-refractivity contribution in [3.8, 4) is 5.75 Å². The molecule has 0 aliphatic rings. The number of aromatic hydroxyl groups is 1. The molecule has 0 unspecified atom stereocenters. The predicted octanol–water partition coefficient (Wildman–Crippen LogP) is 3.28. The summed E-state index contributed by atoms with van der Waals surface area (Å²) < 4.78 is 36.8. The Kier molecular flexibility index (Phi) is 2.73. The smallest absolute Gasteiger partial charge is 0.416 e. The number of phenols is 1. The maximum absolute atomic E-state index is 12.3. The largest absolute Gasteiger partial charge is 0.508 e. The van der Waals surface area contributed by atoms with Crippen molar-refractivity contribution in [1.82, 2.24) is 0 Å². The Balaban J connectivity index is 3.28. The topological polar surface area (TPSA) is 20.2 Å². The van der Waals surface area contributed by atoms with E-state index < -0.39 is 11.7 Å². The quantitative estimate of drug-likeness (QED) is 0.744. The van der Waals surface area contributed by atoms with Crippen molar-refractivity contribution < 1.29 is 18.3 Å². The predicted molar refractivity (Wildman–Crippen MR) is 47.2 cm³/mol. The fourth-order valence-electron chi connectivity index (χ4n) is 1.42. The summed E-state index contributed by atoms with van der Waals surface area (Å²) in [5, 5.41) is 9.34. The van der Waals surface area contributed by atoms with Gasteiger partial charge in [0.25, 0.3) is 0 Å². The molecule has 0 radical (unpaired) electrons. The molecular weight excluding hydrogens is 193 g/mol. The molecule has 0 aliphatic heterocycles. The van der Waals surface area contributed by atoms with Crippen LogP contribution in [-0.4, -0.2) is 5.11 Å². The van der Waals surface area contributed by atoms with Crippen LogP contribution in [0.3, 0.4) is 0 Å². The Hall–Kier alpha value is -1.19. The van der Waals surface area contributed by atoms with E-state index in [-0.39, 0.29) is 5.75 Å². The Morgan fingerprint density at radius 3 is 2.21 bits per heavy atom. The fourth-order valence-corrected chi connectivity index (χ4v) is 1.42. The van der Waals surface area contributed by atoms with E-state index in [1.54, 1.807) is 13.8 Å². The summed E-state index contributed by atoms with van der Waals surface area (Å²) in [6, 6.07) is 1.82. The first-order valence-electron chi connectivity index (χ1n) is 4.26. The SMILES string of the molecule is CCc1c(C)cc(C(F)(F)F)cc1O. The molecule has 14 heavy (non-hydrogen) atoms. The molecule has 1 rings (SSSR count). The van der Waals surface area contributed by atoms with Gasteiger partial charge in [0.2, 0.25) is 0 Å². The Morgan fingerprint density at radius 1 is 1.29 bits per heavy atom. The third-order valence-electron chi connectivity index (χ3n) is 2.13. The zero-order valence-electron chi connectivity index (χ0n) is 7.94. The second-order valence-electron chi connectivity index (χ2n) is 3.14. The van der Waals surface area contributed by atoms with Gasteiger partial charge in [0, 0.05) is 0 Å². The van der Waals surface area contributed by atoms with Crippen LogP contribution in [0.2, 0.25) is 0 Å². The monoisotopic (exact) mass is 204 g/mol. The number of hydrogen-bond donors (Lipinski definition) is 1. The molecule has 0 spiro atoms. The number of hydrogen-bond acceptors (Lipinski definition) is 1. The summed E-state index contributed by atoms with van der Waals surface area (Å²) in [4.78, 5) is 0. The van der Waals surface area contributed by atoms with Gasteiger partial charge in [-0.1, -0.05) is 6.92 Å². The molecule has 78 valence electrons. The molecule has 4 heteroatoms. The molecule has 0 amide bonds. The molecule has 0 fully saturated rings. The van der Waals surface area contributed by atoms with Crippen molar-refractivity contribution in [3.63, 3.8) is 0 Å². The highest BCUT2D eigenvalue weighted by Gasteiger charge is 2.31. The second-order valence-corrected chi connectivity index (χ2v) is 3.14. The van der Waals surface area contributed by atoms with Gasteiger partial charge in [-0.3, -0.25) is 0 Å². The number of benzene rings is 1. The van der Waals surface area contributed by atoms with Gasteiger partial charge in [0.15, 0.2) is 0 Å². The van der Waals surface area contributed by atoms with Gasteiger partial charge >= 0.3 is 6.18 Å². The summed E-state index contributed by atoms with van der Waals surface area (Å²) in [7, 11) is 0. The minimum Gasteiger partial charge on any atom is -0.508 e. The van der Waals surface area contributed by atoms with Crippen molar-refractivity contribution in [3.05, 3.63) is 28.8 Å². The van der Waals surface area contributed by atoms with E-state index in [2.05, 4.69) is 0 Å². The van der Waals surface area contributed by atoms with Gasteiger partial charge in [0.05, 0.1) is 5.56 Å². The lowest BCUT2D eigenvalue weighted by Gasteiger charge is -2.11. The van der Waals surface area contributed by atoms with Gasteiger partial charge in [-0.15, -0.1) is 0 Å². The Labute approximate surface area is 80.2 Å². The second kappa shape index (κ2) is 3.52. The van der Waals surface area contributed by atoms with Crippen LogP contribution in [0.15, 0.2) is 12.1 Å². The van der Waals surface area contributed by atoms with Crippen molar-refractivity contribution in [1.29, 1.82) is 0 Å². The van der Waals surface area contributed by atoms with E-state index in [0.29, 0.717) is 17.5 Å². The number of aryl methyl sites for hydroxylation is 1. The van der Waals surface area contributed by atoms with Crippen LogP contribution in [0.4, 0.5) is 13.2 Å². The third kappa shape index (κ3) is 2.00. The van der Waals surface area contributed by atoms with Crippen LogP contribution >= 0.6 is 0 Å². The first-order valence-corrected chi connectivity index (χ1v) is 4.26. The van der Waals surface area contributed by atoms with Gasteiger partial charge in [-0.2, -0.15) is 13.2 Å². The highest BCUT2D eigenvalue weighted by molar-refractivity contribution is 5.43. The molecule has 0 heterocycles. The summed E-state index contributed by atoms with van der Waals surface area (Å²) in [6.45, 7) is 3.35. The first kappa shape index (κ1) is 10.9. The molecule has 0 aliphatic carbocycles. The molecule has 0 aromatic heterocycles. The first-order chi connectivity index (χ1) is 6.36. The Bertz CT molecular complexity index is 319. The minimum absolute atomic E-state index is 0.278. The van der Waals surface area contributed by atoms with Crippen molar-refractivity contribution >= 4 is 0 Å². The molecule has 0 bridgehead atoms. The summed E-state index contributed by atoms with van der Waals surface area (Å²) in [5.74, 6) is -0.278. The van der Waals surface area contributed by atoms with E-state index in [0.717, 1.165) is 12.1 Å². The molecule has 1 aromatic carbocycles. The molecular formula is C10H11F3O. The van der Waals surface area contributed by atoms with Crippen LogP contribution in [0.1, 0.15) is 23.6 Å². The van der Waals surface area contributed by atoms with Crippen molar-refractivity contribution in [2.24, 2.45) is 0 Å². The van der Waals surface area contributed by atoms with E-state index in [1.165, 1.54) is 0 Å². The van der Waals surface area contributed by atoms with Gasteiger partial charge in [-0.25, -0.2) is 0 Å². The van der Waals surface area contributed by atoms with Gasteiger partial charge in [-0.05, 0) is 36.6 Å². The maximum Gasteiger partial charge on any atom is 0.416 e. The highest BCUT2D eigenvalue weighted by Crippen LogP contribution is 2.34. The highest BCUT2D eigenvalue weighted by atomic mass is 19.4. The van der Waals surface area contributed by atoms with Crippen LogP contribution in [0, 0.1) is 6.92 Å². The van der Waals surface area contributed by atoms with E-state index >= 15 is 0 Å².